The SMILES string of the molecule is CCc1c(-c2coc3ccccc23)sc(C(=O)O)c1N. The van der Waals surface area contributed by atoms with Crippen LogP contribution in [0.5, 0.6) is 0 Å². The van der Waals surface area contributed by atoms with Crippen molar-refractivity contribution in [1.29, 1.82) is 0 Å². The van der Waals surface area contributed by atoms with Crippen molar-refractivity contribution in [3.05, 3.63) is 41.0 Å². The zero-order chi connectivity index (χ0) is 14.3. The summed E-state index contributed by atoms with van der Waals surface area (Å²) in [6.45, 7) is 1.97. The Balaban J connectivity index is 2.29. The van der Waals surface area contributed by atoms with Crippen molar-refractivity contribution in [3.8, 4) is 10.4 Å². The molecule has 0 saturated heterocycles. The van der Waals surface area contributed by atoms with Gasteiger partial charge in [0.15, 0.2) is 0 Å². The van der Waals surface area contributed by atoms with Crippen LogP contribution in [0.3, 0.4) is 0 Å². The molecule has 0 radical (unpaired) electrons. The number of para-hydroxylation sites is 1. The first kappa shape index (κ1) is 12.7. The number of thiophene rings is 1. The average molecular weight is 287 g/mol. The van der Waals surface area contributed by atoms with Crippen molar-refractivity contribution in [2.24, 2.45) is 0 Å². The molecule has 0 spiro atoms. The van der Waals surface area contributed by atoms with Crippen molar-refractivity contribution in [2.75, 3.05) is 5.73 Å². The van der Waals surface area contributed by atoms with Crippen LogP contribution < -0.4 is 5.73 Å². The maximum atomic E-state index is 11.2. The number of anilines is 1. The number of aromatic carboxylic acids is 1. The molecule has 3 N–H and O–H groups in total. The van der Waals surface area contributed by atoms with Crippen molar-refractivity contribution in [3.63, 3.8) is 0 Å². The van der Waals surface area contributed by atoms with Crippen LogP contribution in [0, 0.1) is 0 Å². The highest BCUT2D eigenvalue weighted by molar-refractivity contribution is 7.18. The molecule has 102 valence electrons. The molecule has 0 aliphatic rings. The monoisotopic (exact) mass is 287 g/mol. The molecule has 4 nitrogen and oxygen atoms in total. The predicted octanol–water partition coefficient (Wildman–Crippen LogP) is 4.00. The van der Waals surface area contributed by atoms with Gasteiger partial charge in [0, 0.05) is 15.8 Å². The van der Waals surface area contributed by atoms with E-state index < -0.39 is 5.97 Å². The summed E-state index contributed by atoms with van der Waals surface area (Å²) in [6.07, 6.45) is 2.35. The van der Waals surface area contributed by atoms with E-state index in [2.05, 4.69) is 0 Å². The molecule has 5 heteroatoms. The van der Waals surface area contributed by atoms with Gasteiger partial charge in [-0.3, -0.25) is 0 Å². The maximum absolute atomic E-state index is 11.2. The van der Waals surface area contributed by atoms with Crippen molar-refractivity contribution < 1.29 is 14.3 Å². The molecule has 3 rings (SSSR count). The largest absolute Gasteiger partial charge is 0.477 e. The van der Waals surface area contributed by atoms with Crippen molar-refractivity contribution >= 4 is 34.0 Å². The van der Waals surface area contributed by atoms with Gasteiger partial charge in [-0.15, -0.1) is 11.3 Å². The number of carbonyl (C=O) groups is 1. The first-order valence-electron chi connectivity index (χ1n) is 6.24. The highest BCUT2D eigenvalue weighted by Crippen LogP contribution is 2.42. The summed E-state index contributed by atoms with van der Waals surface area (Å²) < 4.78 is 5.53. The van der Waals surface area contributed by atoms with E-state index in [1.807, 2.05) is 31.2 Å². The number of hydrogen-bond donors (Lipinski definition) is 2. The van der Waals surface area contributed by atoms with E-state index in [9.17, 15) is 9.90 Å². The highest BCUT2D eigenvalue weighted by atomic mass is 32.1. The number of carboxylic acid groups (broad SMARTS) is 1. The molecule has 0 bridgehead atoms. The molecular weight excluding hydrogens is 274 g/mol. The van der Waals surface area contributed by atoms with Gasteiger partial charge in [-0.2, -0.15) is 0 Å². The molecular formula is C15H13NO3S. The molecule has 3 aromatic rings. The van der Waals surface area contributed by atoms with Crippen LogP contribution in [0.25, 0.3) is 21.4 Å². The normalized spacial score (nSPS) is 11.1. The lowest BCUT2D eigenvalue weighted by atomic mass is 10.1. The third kappa shape index (κ3) is 1.78. The molecule has 2 heterocycles. The van der Waals surface area contributed by atoms with Crippen molar-refractivity contribution in [2.45, 2.75) is 13.3 Å². The summed E-state index contributed by atoms with van der Waals surface area (Å²) in [6, 6.07) is 7.69. The number of nitrogens with two attached hydrogens (primary N) is 1. The lowest BCUT2D eigenvalue weighted by Gasteiger charge is -2.00. The Labute approximate surface area is 119 Å². The standard InChI is InChI=1S/C15H13NO3S/c1-2-8-12(16)14(15(17)18)20-13(8)10-7-19-11-6-4-3-5-9(10)11/h3-7H,2,16H2,1H3,(H,17,18). The van der Waals surface area contributed by atoms with Crippen LogP contribution in [0.4, 0.5) is 5.69 Å². The molecule has 0 unspecified atom stereocenters. The highest BCUT2D eigenvalue weighted by Gasteiger charge is 2.22. The van der Waals surface area contributed by atoms with Crippen LogP contribution in [0.1, 0.15) is 22.2 Å². The zero-order valence-corrected chi connectivity index (χ0v) is 11.7. The van der Waals surface area contributed by atoms with E-state index in [4.69, 9.17) is 10.2 Å². The van der Waals surface area contributed by atoms with Gasteiger partial charge in [-0.1, -0.05) is 25.1 Å². The summed E-state index contributed by atoms with van der Waals surface area (Å²) in [5.41, 5.74) is 8.89. The lowest BCUT2D eigenvalue weighted by molar-refractivity contribution is 0.0703. The smallest absolute Gasteiger partial charge is 0.348 e. The third-order valence-corrected chi connectivity index (χ3v) is 4.59. The Morgan fingerprint density at radius 3 is 2.85 bits per heavy atom. The van der Waals surface area contributed by atoms with E-state index in [-0.39, 0.29) is 4.88 Å². The zero-order valence-electron chi connectivity index (χ0n) is 10.8. The van der Waals surface area contributed by atoms with Gasteiger partial charge in [0.25, 0.3) is 0 Å². The number of furan rings is 1. The van der Waals surface area contributed by atoms with Gasteiger partial charge in [0.2, 0.25) is 0 Å². The summed E-state index contributed by atoms with van der Waals surface area (Å²) in [5, 5.41) is 10.2. The minimum absolute atomic E-state index is 0.196. The minimum atomic E-state index is -0.985. The predicted molar refractivity (Wildman–Crippen MR) is 80.3 cm³/mol. The minimum Gasteiger partial charge on any atom is -0.477 e. The molecule has 0 amide bonds. The fourth-order valence-corrected chi connectivity index (χ4v) is 3.53. The molecule has 0 aliphatic heterocycles. The van der Waals surface area contributed by atoms with Crippen LogP contribution in [-0.4, -0.2) is 11.1 Å². The Morgan fingerprint density at radius 1 is 1.40 bits per heavy atom. The number of benzene rings is 1. The summed E-state index contributed by atoms with van der Waals surface area (Å²) in [5.74, 6) is -0.985. The second kappa shape index (κ2) is 4.68. The molecule has 1 aromatic carbocycles. The molecule has 0 saturated carbocycles. The molecule has 0 fully saturated rings. The second-order valence-electron chi connectivity index (χ2n) is 4.46. The maximum Gasteiger partial charge on any atom is 0.348 e. The van der Waals surface area contributed by atoms with E-state index in [0.717, 1.165) is 27.0 Å². The second-order valence-corrected chi connectivity index (χ2v) is 5.48. The van der Waals surface area contributed by atoms with Gasteiger partial charge < -0.3 is 15.3 Å². The number of rotatable bonds is 3. The van der Waals surface area contributed by atoms with Gasteiger partial charge in [-0.25, -0.2) is 4.79 Å². The van der Waals surface area contributed by atoms with Crippen LogP contribution in [-0.2, 0) is 6.42 Å². The van der Waals surface area contributed by atoms with Crippen LogP contribution >= 0.6 is 11.3 Å². The third-order valence-electron chi connectivity index (χ3n) is 3.32. The lowest BCUT2D eigenvalue weighted by Crippen LogP contribution is -1.99. The number of fused-ring (bicyclic) bond motifs is 1. The van der Waals surface area contributed by atoms with E-state index in [1.165, 1.54) is 11.3 Å². The van der Waals surface area contributed by atoms with E-state index in [1.54, 1.807) is 6.26 Å². The first-order valence-corrected chi connectivity index (χ1v) is 7.06. The van der Waals surface area contributed by atoms with E-state index >= 15 is 0 Å². The van der Waals surface area contributed by atoms with Crippen LogP contribution in [0.15, 0.2) is 34.9 Å². The summed E-state index contributed by atoms with van der Waals surface area (Å²) in [4.78, 5) is 12.3. The Bertz CT molecular complexity index is 801. The van der Waals surface area contributed by atoms with Gasteiger partial charge in [0.1, 0.15) is 16.7 Å². The van der Waals surface area contributed by atoms with Crippen molar-refractivity contribution in [1.82, 2.24) is 0 Å². The van der Waals surface area contributed by atoms with E-state index in [0.29, 0.717) is 12.1 Å². The fourth-order valence-electron chi connectivity index (χ4n) is 2.36. The number of carboxylic acids is 1. The fraction of sp³-hybridized carbons (Fsp3) is 0.133. The molecule has 20 heavy (non-hydrogen) atoms. The van der Waals surface area contributed by atoms with Gasteiger partial charge >= 0.3 is 5.97 Å². The quantitative estimate of drug-likeness (QED) is 0.763. The Morgan fingerprint density at radius 2 is 2.15 bits per heavy atom. The number of hydrogen-bond acceptors (Lipinski definition) is 4. The first-order chi connectivity index (χ1) is 9.63. The summed E-state index contributed by atoms with van der Waals surface area (Å²) >= 11 is 1.21. The molecule has 2 aromatic heterocycles. The molecule has 0 aliphatic carbocycles. The summed E-state index contributed by atoms with van der Waals surface area (Å²) in [7, 11) is 0. The van der Waals surface area contributed by atoms with Gasteiger partial charge in [0.05, 0.1) is 5.69 Å². The van der Waals surface area contributed by atoms with Gasteiger partial charge in [-0.05, 0) is 18.1 Å². The van der Waals surface area contributed by atoms with Crippen LogP contribution in [0.2, 0.25) is 0 Å². The Kier molecular flexibility index (Phi) is 2.99. The number of nitrogen functional groups attached to an aromatic ring is 1. The topological polar surface area (TPSA) is 76.5 Å². The molecule has 0 atom stereocenters. The average Bonchev–Trinajstić information content (AvgIpc) is 2.99. The Hall–Kier alpha value is -2.27.